The van der Waals surface area contributed by atoms with Crippen LogP contribution in [0.3, 0.4) is 0 Å². The van der Waals surface area contributed by atoms with Gasteiger partial charge >= 0.3 is 0 Å². The van der Waals surface area contributed by atoms with E-state index in [4.69, 9.17) is 4.74 Å². The molecule has 1 N–H and O–H groups in total. The average molecular weight is 321 g/mol. The Morgan fingerprint density at radius 1 is 1.21 bits per heavy atom. The van der Waals surface area contributed by atoms with E-state index in [0.29, 0.717) is 6.61 Å². The second-order valence-corrected chi connectivity index (χ2v) is 5.18. The van der Waals surface area contributed by atoms with Crippen molar-refractivity contribution in [3.63, 3.8) is 0 Å². The minimum Gasteiger partial charge on any atom is -0.494 e. The van der Waals surface area contributed by atoms with Gasteiger partial charge < -0.3 is 9.84 Å². The summed E-state index contributed by atoms with van der Waals surface area (Å²) in [5.74, 6) is 0.780. The molecule has 1 unspecified atom stereocenters. The van der Waals surface area contributed by atoms with Crippen molar-refractivity contribution >= 4 is 15.9 Å². The Morgan fingerprint density at radius 2 is 1.95 bits per heavy atom. The molecule has 0 aliphatic heterocycles. The van der Waals surface area contributed by atoms with Crippen LogP contribution in [0.1, 0.15) is 29.7 Å². The maximum atomic E-state index is 10.5. The zero-order valence-electron chi connectivity index (χ0n) is 11.1. The SMILES string of the molecule is CCOc1cccc(C(O)c2cccc(C)c2Br)c1. The maximum absolute atomic E-state index is 10.5. The number of halogens is 1. The first kappa shape index (κ1) is 14.1. The molecular formula is C16H17BrO2. The lowest BCUT2D eigenvalue weighted by molar-refractivity contribution is 0.218. The van der Waals surface area contributed by atoms with Crippen LogP contribution in [-0.4, -0.2) is 11.7 Å². The number of hydrogen-bond donors (Lipinski definition) is 1. The van der Waals surface area contributed by atoms with Crippen LogP contribution in [0, 0.1) is 6.92 Å². The van der Waals surface area contributed by atoms with E-state index in [2.05, 4.69) is 15.9 Å². The lowest BCUT2D eigenvalue weighted by atomic mass is 10.00. The molecule has 0 spiro atoms. The van der Waals surface area contributed by atoms with Crippen molar-refractivity contribution in [1.29, 1.82) is 0 Å². The summed E-state index contributed by atoms with van der Waals surface area (Å²) in [5, 5.41) is 10.5. The van der Waals surface area contributed by atoms with Crippen molar-refractivity contribution in [1.82, 2.24) is 0 Å². The van der Waals surface area contributed by atoms with Crippen molar-refractivity contribution in [3.8, 4) is 5.75 Å². The molecule has 0 amide bonds. The molecule has 3 heteroatoms. The average Bonchev–Trinajstić information content (AvgIpc) is 2.42. The number of benzene rings is 2. The van der Waals surface area contributed by atoms with Crippen molar-refractivity contribution in [2.45, 2.75) is 20.0 Å². The van der Waals surface area contributed by atoms with Crippen LogP contribution >= 0.6 is 15.9 Å². The fourth-order valence-electron chi connectivity index (χ4n) is 2.00. The predicted octanol–water partition coefficient (Wildman–Crippen LogP) is 4.24. The fourth-order valence-corrected chi connectivity index (χ4v) is 2.48. The Bertz CT molecular complexity index is 566. The normalized spacial score (nSPS) is 12.2. The molecule has 0 bridgehead atoms. The van der Waals surface area contributed by atoms with Crippen LogP contribution in [0.2, 0.25) is 0 Å². The Morgan fingerprint density at radius 3 is 2.68 bits per heavy atom. The molecule has 0 radical (unpaired) electrons. The molecular weight excluding hydrogens is 304 g/mol. The molecule has 1 atom stereocenters. The highest BCUT2D eigenvalue weighted by molar-refractivity contribution is 9.10. The maximum Gasteiger partial charge on any atom is 0.119 e. The van der Waals surface area contributed by atoms with Crippen LogP contribution in [-0.2, 0) is 0 Å². The molecule has 2 nitrogen and oxygen atoms in total. The fraction of sp³-hybridized carbons (Fsp3) is 0.250. The Labute approximate surface area is 122 Å². The molecule has 0 saturated heterocycles. The second kappa shape index (κ2) is 6.22. The zero-order chi connectivity index (χ0) is 13.8. The summed E-state index contributed by atoms with van der Waals surface area (Å²) >= 11 is 3.54. The highest BCUT2D eigenvalue weighted by Gasteiger charge is 2.15. The van der Waals surface area contributed by atoms with Crippen LogP contribution in [0.15, 0.2) is 46.9 Å². The Hall–Kier alpha value is -1.32. The third-order valence-electron chi connectivity index (χ3n) is 3.00. The van der Waals surface area contributed by atoms with E-state index in [1.54, 1.807) is 0 Å². The summed E-state index contributed by atoms with van der Waals surface area (Å²) in [5.41, 5.74) is 2.81. The lowest BCUT2D eigenvalue weighted by Gasteiger charge is -2.15. The first-order chi connectivity index (χ1) is 9.13. The standard InChI is InChI=1S/C16H17BrO2/c1-3-19-13-8-5-7-12(10-13)16(18)14-9-4-6-11(2)15(14)17/h4-10,16,18H,3H2,1-2H3. The van der Waals surface area contributed by atoms with Crippen LogP contribution in [0.25, 0.3) is 0 Å². The molecule has 0 aliphatic rings. The number of hydrogen-bond acceptors (Lipinski definition) is 2. The van der Waals surface area contributed by atoms with Gasteiger partial charge in [-0.3, -0.25) is 0 Å². The van der Waals surface area contributed by atoms with E-state index in [0.717, 1.165) is 26.9 Å². The number of ether oxygens (including phenoxy) is 1. The quantitative estimate of drug-likeness (QED) is 0.913. The molecule has 0 fully saturated rings. The monoisotopic (exact) mass is 320 g/mol. The third kappa shape index (κ3) is 3.17. The lowest BCUT2D eigenvalue weighted by Crippen LogP contribution is -2.02. The van der Waals surface area contributed by atoms with Crippen LogP contribution in [0.5, 0.6) is 5.75 Å². The van der Waals surface area contributed by atoms with Gasteiger partial charge in [-0.25, -0.2) is 0 Å². The molecule has 0 aliphatic carbocycles. The van der Waals surface area contributed by atoms with Gasteiger partial charge in [-0.2, -0.15) is 0 Å². The van der Waals surface area contributed by atoms with Gasteiger partial charge in [-0.1, -0.05) is 46.3 Å². The summed E-state index contributed by atoms with van der Waals surface area (Å²) < 4.78 is 6.41. The van der Waals surface area contributed by atoms with Crippen molar-refractivity contribution in [3.05, 3.63) is 63.6 Å². The number of rotatable bonds is 4. The van der Waals surface area contributed by atoms with Gasteiger partial charge in [0, 0.05) is 4.47 Å². The molecule has 0 saturated carbocycles. The van der Waals surface area contributed by atoms with E-state index in [-0.39, 0.29) is 0 Å². The minimum absolute atomic E-state index is 0.619. The van der Waals surface area contributed by atoms with E-state index < -0.39 is 6.10 Å². The smallest absolute Gasteiger partial charge is 0.119 e. The first-order valence-electron chi connectivity index (χ1n) is 6.29. The largest absolute Gasteiger partial charge is 0.494 e. The van der Waals surface area contributed by atoms with Crippen LogP contribution < -0.4 is 4.74 Å². The summed E-state index contributed by atoms with van der Waals surface area (Å²) in [6.45, 7) is 4.57. The Balaban J connectivity index is 2.35. The molecule has 2 rings (SSSR count). The molecule has 2 aromatic carbocycles. The van der Waals surface area contributed by atoms with E-state index >= 15 is 0 Å². The summed E-state index contributed by atoms with van der Waals surface area (Å²) in [6.07, 6.45) is -0.658. The van der Waals surface area contributed by atoms with Gasteiger partial charge in [0.1, 0.15) is 11.9 Å². The van der Waals surface area contributed by atoms with Gasteiger partial charge in [0.25, 0.3) is 0 Å². The van der Waals surface area contributed by atoms with Crippen molar-refractivity contribution in [2.75, 3.05) is 6.61 Å². The number of aliphatic hydroxyl groups excluding tert-OH is 1. The van der Waals surface area contributed by atoms with E-state index in [1.165, 1.54) is 0 Å². The Kier molecular flexibility index (Phi) is 4.61. The molecule has 2 aromatic rings. The minimum atomic E-state index is -0.658. The highest BCUT2D eigenvalue weighted by Crippen LogP contribution is 2.31. The summed E-state index contributed by atoms with van der Waals surface area (Å²) in [7, 11) is 0. The van der Waals surface area contributed by atoms with Gasteiger partial charge in [0.2, 0.25) is 0 Å². The number of aliphatic hydroxyl groups is 1. The molecule has 100 valence electrons. The topological polar surface area (TPSA) is 29.5 Å². The highest BCUT2D eigenvalue weighted by atomic mass is 79.9. The third-order valence-corrected chi connectivity index (χ3v) is 4.08. The summed E-state index contributed by atoms with van der Waals surface area (Å²) in [6, 6.07) is 13.5. The van der Waals surface area contributed by atoms with Gasteiger partial charge in [-0.05, 0) is 42.7 Å². The predicted molar refractivity (Wildman–Crippen MR) is 80.6 cm³/mol. The van der Waals surface area contributed by atoms with Gasteiger partial charge in [-0.15, -0.1) is 0 Å². The second-order valence-electron chi connectivity index (χ2n) is 4.39. The van der Waals surface area contributed by atoms with Crippen LogP contribution in [0.4, 0.5) is 0 Å². The van der Waals surface area contributed by atoms with E-state index in [9.17, 15) is 5.11 Å². The van der Waals surface area contributed by atoms with Crippen molar-refractivity contribution < 1.29 is 9.84 Å². The van der Waals surface area contributed by atoms with Gasteiger partial charge in [0.05, 0.1) is 6.61 Å². The van der Waals surface area contributed by atoms with Crippen molar-refractivity contribution in [2.24, 2.45) is 0 Å². The van der Waals surface area contributed by atoms with E-state index in [1.807, 2.05) is 56.3 Å². The molecule has 0 aromatic heterocycles. The summed E-state index contributed by atoms with van der Waals surface area (Å²) in [4.78, 5) is 0. The number of aryl methyl sites for hydroxylation is 1. The van der Waals surface area contributed by atoms with Gasteiger partial charge in [0.15, 0.2) is 0 Å². The zero-order valence-corrected chi connectivity index (χ0v) is 12.6. The first-order valence-corrected chi connectivity index (χ1v) is 7.08. The molecule has 19 heavy (non-hydrogen) atoms. The molecule has 0 heterocycles.